The van der Waals surface area contributed by atoms with Crippen molar-refractivity contribution >= 4 is 46.0 Å². The third-order valence-corrected chi connectivity index (χ3v) is 5.78. The van der Waals surface area contributed by atoms with Gasteiger partial charge < -0.3 is 15.3 Å². The third kappa shape index (κ3) is 4.30. The molecular weight excluding hydrogens is 421 g/mol. The summed E-state index contributed by atoms with van der Waals surface area (Å²) in [5.41, 5.74) is 1.87. The summed E-state index contributed by atoms with van der Waals surface area (Å²) in [5, 5.41) is 32.1. The topological polar surface area (TPSA) is 90.1 Å². The summed E-state index contributed by atoms with van der Waals surface area (Å²) in [6.07, 6.45) is 0. The zero-order valence-corrected chi connectivity index (χ0v) is 16.9. The standard InChI is InChI=1S/C20H15Cl2NO4S/c1-10(23-8-18(26)12-4-13(24)7-14(25)5-12)15-9-28-20(19(15)27)11-2-3-16(21)17(22)6-11/h2-7,9,24-25,27H,8H2,1H3. The number of Topliss-reactive ketones (excluding diaryl/α,β-unsaturated/α-hetero) is 1. The molecular formula is C20H15Cl2NO4S. The Balaban J connectivity index is 1.82. The first kappa shape index (κ1) is 20.2. The fourth-order valence-corrected chi connectivity index (χ4v) is 3.87. The summed E-state index contributed by atoms with van der Waals surface area (Å²) >= 11 is 13.3. The normalized spacial score (nSPS) is 11.6. The first-order valence-electron chi connectivity index (χ1n) is 8.09. The Hall–Kier alpha value is -2.54. The number of halogens is 2. The van der Waals surface area contributed by atoms with Crippen LogP contribution in [0.25, 0.3) is 10.4 Å². The molecule has 1 aromatic heterocycles. The van der Waals surface area contributed by atoms with Gasteiger partial charge in [0.1, 0.15) is 23.8 Å². The number of nitrogens with zero attached hydrogens (tertiary/aromatic N) is 1. The average molecular weight is 436 g/mol. The van der Waals surface area contributed by atoms with Crippen LogP contribution in [0.2, 0.25) is 10.0 Å². The number of carbonyl (C=O) groups is 1. The second-order valence-corrected chi connectivity index (χ2v) is 7.71. The predicted molar refractivity (Wildman–Crippen MR) is 113 cm³/mol. The van der Waals surface area contributed by atoms with Gasteiger partial charge >= 0.3 is 0 Å². The minimum absolute atomic E-state index is 0.0482. The Morgan fingerprint density at radius 1 is 1.04 bits per heavy atom. The van der Waals surface area contributed by atoms with Gasteiger partial charge in [0.15, 0.2) is 5.78 Å². The zero-order valence-electron chi connectivity index (χ0n) is 14.6. The van der Waals surface area contributed by atoms with Crippen molar-refractivity contribution in [3.63, 3.8) is 0 Å². The van der Waals surface area contributed by atoms with Crippen LogP contribution in [0.15, 0.2) is 46.8 Å². The van der Waals surface area contributed by atoms with Crippen LogP contribution < -0.4 is 0 Å². The van der Waals surface area contributed by atoms with Crippen LogP contribution in [0.3, 0.4) is 0 Å². The average Bonchev–Trinajstić information content (AvgIpc) is 3.02. The fourth-order valence-electron chi connectivity index (χ4n) is 2.57. The van der Waals surface area contributed by atoms with E-state index >= 15 is 0 Å². The van der Waals surface area contributed by atoms with E-state index in [1.807, 2.05) is 0 Å². The highest BCUT2D eigenvalue weighted by atomic mass is 35.5. The molecule has 28 heavy (non-hydrogen) atoms. The number of carbonyl (C=O) groups excluding carboxylic acids is 1. The molecule has 5 nitrogen and oxygen atoms in total. The van der Waals surface area contributed by atoms with E-state index in [9.17, 15) is 20.1 Å². The largest absolute Gasteiger partial charge is 0.508 e. The number of aliphatic imine (C=N–C) groups is 1. The van der Waals surface area contributed by atoms with E-state index in [4.69, 9.17) is 23.2 Å². The number of aromatic hydroxyl groups is 3. The van der Waals surface area contributed by atoms with Crippen molar-refractivity contribution in [2.75, 3.05) is 6.54 Å². The van der Waals surface area contributed by atoms with Gasteiger partial charge in [0.25, 0.3) is 0 Å². The fraction of sp³-hybridized carbons (Fsp3) is 0.100. The Kier molecular flexibility index (Phi) is 5.93. The molecule has 0 unspecified atom stereocenters. The minimum atomic E-state index is -0.370. The highest BCUT2D eigenvalue weighted by molar-refractivity contribution is 7.14. The van der Waals surface area contributed by atoms with E-state index in [-0.39, 0.29) is 35.1 Å². The summed E-state index contributed by atoms with van der Waals surface area (Å²) in [6.45, 7) is 1.50. The Morgan fingerprint density at radius 2 is 1.71 bits per heavy atom. The molecule has 0 aliphatic carbocycles. The summed E-state index contributed by atoms with van der Waals surface area (Å²) in [6, 6.07) is 8.74. The van der Waals surface area contributed by atoms with Crippen molar-refractivity contribution in [3.05, 3.63) is 63.0 Å². The molecule has 0 amide bonds. The quantitative estimate of drug-likeness (QED) is 0.362. The monoisotopic (exact) mass is 435 g/mol. The van der Waals surface area contributed by atoms with Crippen LogP contribution in [0.1, 0.15) is 22.8 Å². The van der Waals surface area contributed by atoms with Gasteiger partial charge in [0.2, 0.25) is 0 Å². The number of phenolic OH excluding ortho intramolecular Hbond substituents is 2. The van der Waals surface area contributed by atoms with Gasteiger partial charge in [-0.3, -0.25) is 9.79 Å². The Bertz CT molecular complexity index is 1070. The van der Waals surface area contributed by atoms with E-state index in [1.165, 1.54) is 23.5 Å². The van der Waals surface area contributed by atoms with E-state index in [1.54, 1.807) is 30.5 Å². The summed E-state index contributed by atoms with van der Waals surface area (Å²) in [4.78, 5) is 17.1. The molecule has 0 radical (unpaired) electrons. The van der Waals surface area contributed by atoms with Crippen LogP contribution in [0, 0.1) is 0 Å². The van der Waals surface area contributed by atoms with Crippen molar-refractivity contribution in [2.24, 2.45) is 4.99 Å². The van der Waals surface area contributed by atoms with Crippen LogP contribution in [-0.2, 0) is 0 Å². The van der Waals surface area contributed by atoms with Gasteiger partial charge in [-0.15, -0.1) is 11.3 Å². The maximum absolute atomic E-state index is 12.2. The molecule has 0 fully saturated rings. The molecule has 0 aliphatic heterocycles. The molecule has 8 heteroatoms. The molecule has 3 N–H and O–H groups in total. The van der Waals surface area contributed by atoms with E-state index in [2.05, 4.69) is 4.99 Å². The summed E-state index contributed by atoms with van der Waals surface area (Å²) in [5.74, 6) is -0.728. The van der Waals surface area contributed by atoms with Crippen LogP contribution in [-0.4, -0.2) is 33.4 Å². The van der Waals surface area contributed by atoms with Crippen molar-refractivity contribution in [1.82, 2.24) is 0 Å². The van der Waals surface area contributed by atoms with Gasteiger partial charge in [-0.2, -0.15) is 0 Å². The Morgan fingerprint density at radius 3 is 2.36 bits per heavy atom. The molecule has 144 valence electrons. The number of phenols is 2. The number of hydrogen-bond acceptors (Lipinski definition) is 6. The smallest absolute Gasteiger partial charge is 0.184 e. The van der Waals surface area contributed by atoms with Gasteiger partial charge in [-0.25, -0.2) is 0 Å². The minimum Gasteiger partial charge on any atom is -0.508 e. The zero-order chi connectivity index (χ0) is 20.4. The van der Waals surface area contributed by atoms with E-state index in [0.29, 0.717) is 26.2 Å². The maximum atomic E-state index is 12.2. The summed E-state index contributed by atoms with van der Waals surface area (Å²) in [7, 11) is 0. The van der Waals surface area contributed by atoms with Crippen molar-refractivity contribution in [2.45, 2.75) is 6.92 Å². The third-order valence-electron chi connectivity index (χ3n) is 4.02. The van der Waals surface area contributed by atoms with Gasteiger partial charge in [0.05, 0.1) is 14.9 Å². The second-order valence-electron chi connectivity index (χ2n) is 6.02. The second kappa shape index (κ2) is 8.22. The molecule has 2 aromatic carbocycles. The van der Waals surface area contributed by atoms with Gasteiger partial charge in [0, 0.05) is 28.3 Å². The number of hydrogen-bond donors (Lipinski definition) is 3. The maximum Gasteiger partial charge on any atom is 0.184 e. The predicted octanol–water partition coefficient (Wildman–Crippen LogP) is 5.53. The lowest BCUT2D eigenvalue weighted by Crippen LogP contribution is -2.06. The van der Waals surface area contributed by atoms with Crippen LogP contribution >= 0.6 is 34.5 Å². The molecule has 3 aromatic rings. The SMILES string of the molecule is CC(=NCC(=O)c1cc(O)cc(O)c1)c1csc(-c2ccc(Cl)c(Cl)c2)c1O. The highest BCUT2D eigenvalue weighted by Crippen LogP contribution is 2.40. The lowest BCUT2D eigenvalue weighted by atomic mass is 10.1. The van der Waals surface area contributed by atoms with Crippen LogP contribution in [0.4, 0.5) is 0 Å². The molecule has 0 spiro atoms. The molecule has 0 saturated heterocycles. The molecule has 3 rings (SSSR count). The lowest BCUT2D eigenvalue weighted by Gasteiger charge is -2.04. The van der Waals surface area contributed by atoms with Crippen molar-refractivity contribution < 1.29 is 20.1 Å². The van der Waals surface area contributed by atoms with E-state index in [0.717, 1.165) is 11.6 Å². The number of benzene rings is 2. The highest BCUT2D eigenvalue weighted by Gasteiger charge is 2.16. The van der Waals surface area contributed by atoms with Crippen molar-refractivity contribution in [3.8, 4) is 27.7 Å². The van der Waals surface area contributed by atoms with Gasteiger partial charge in [-0.1, -0.05) is 29.3 Å². The molecule has 0 bridgehead atoms. The first-order chi connectivity index (χ1) is 13.3. The molecule has 0 saturated carbocycles. The van der Waals surface area contributed by atoms with Crippen LogP contribution in [0.5, 0.6) is 17.2 Å². The first-order valence-corrected chi connectivity index (χ1v) is 9.73. The lowest BCUT2D eigenvalue weighted by molar-refractivity contribution is 0.100. The van der Waals surface area contributed by atoms with E-state index < -0.39 is 0 Å². The molecule has 1 heterocycles. The number of ketones is 1. The number of thiophene rings is 1. The Labute approximate surface area is 175 Å². The van der Waals surface area contributed by atoms with Crippen molar-refractivity contribution in [1.29, 1.82) is 0 Å². The number of rotatable bonds is 5. The van der Waals surface area contributed by atoms with Gasteiger partial charge in [-0.05, 0) is 36.8 Å². The molecule has 0 atom stereocenters. The molecule has 0 aliphatic rings. The summed E-state index contributed by atoms with van der Waals surface area (Å²) < 4.78 is 0.